The van der Waals surface area contributed by atoms with E-state index in [1.54, 1.807) is 35.6 Å². The Balaban J connectivity index is 1.85. The minimum atomic E-state index is -1.05. The van der Waals surface area contributed by atoms with Crippen LogP contribution in [-0.2, 0) is 16.0 Å². The summed E-state index contributed by atoms with van der Waals surface area (Å²) in [5, 5.41) is 13.8. The third kappa shape index (κ3) is 4.72. The molecule has 0 aliphatic carbocycles. The van der Waals surface area contributed by atoms with Crippen molar-refractivity contribution in [3.63, 3.8) is 0 Å². The fourth-order valence-corrected chi connectivity index (χ4v) is 2.80. The van der Waals surface area contributed by atoms with Gasteiger partial charge in [0.05, 0.1) is 0 Å². The summed E-state index contributed by atoms with van der Waals surface area (Å²) < 4.78 is 0. The molecule has 5 heteroatoms. The van der Waals surface area contributed by atoms with Gasteiger partial charge in [0.25, 0.3) is 0 Å². The molecular formula is C16H17NO3S. The summed E-state index contributed by atoms with van der Waals surface area (Å²) in [4.78, 5) is 24.4. The summed E-state index contributed by atoms with van der Waals surface area (Å²) in [6.07, 6.45) is 1.89. The van der Waals surface area contributed by atoms with Gasteiger partial charge >= 0.3 is 5.97 Å². The molecule has 0 radical (unpaired) electrons. The van der Waals surface area contributed by atoms with Crippen molar-refractivity contribution in [2.45, 2.75) is 25.3 Å². The van der Waals surface area contributed by atoms with Crippen LogP contribution in [0.15, 0.2) is 47.8 Å². The number of thiophene rings is 1. The lowest BCUT2D eigenvalue weighted by Gasteiger charge is -2.14. The summed E-state index contributed by atoms with van der Waals surface area (Å²) in [7, 11) is 0. The normalized spacial score (nSPS) is 11.8. The number of carboxylic acid groups (broad SMARTS) is 1. The number of amides is 1. The van der Waals surface area contributed by atoms with Crippen molar-refractivity contribution in [2.24, 2.45) is 0 Å². The van der Waals surface area contributed by atoms with E-state index in [1.807, 2.05) is 23.6 Å². The maximum atomic E-state index is 11.9. The lowest BCUT2D eigenvalue weighted by molar-refractivity contribution is -0.142. The van der Waals surface area contributed by atoms with Crippen molar-refractivity contribution >= 4 is 23.2 Å². The summed E-state index contributed by atoms with van der Waals surface area (Å²) in [5.74, 6) is -1.28. The van der Waals surface area contributed by atoms with Gasteiger partial charge < -0.3 is 10.4 Å². The van der Waals surface area contributed by atoms with Crippen LogP contribution in [0.4, 0.5) is 0 Å². The van der Waals surface area contributed by atoms with E-state index in [2.05, 4.69) is 5.32 Å². The van der Waals surface area contributed by atoms with Gasteiger partial charge in [-0.15, -0.1) is 11.3 Å². The molecule has 1 heterocycles. The highest BCUT2D eigenvalue weighted by atomic mass is 32.1. The van der Waals surface area contributed by atoms with Crippen molar-refractivity contribution in [1.29, 1.82) is 0 Å². The molecular weight excluding hydrogens is 286 g/mol. The Labute approximate surface area is 127 Å². The zero-order chi connectivity index (χ0) is 15.1. The van der Waals surface area contributed by atoms with Crippen LogP contribution in [0.25, 0.3) is 0 Å². The van der Waals surface area contributed by atoms with Crippen LogP contribution in [0.3, 0.4) is 0 Å². The molecule has 0 aliphatic heterocycles. The van der Waals surface area contributed by atoms with E-state index < -0.39 is 12.0 Å². The second-order valence-electron chi connectivity index (χ2n) is 4.68. The summed E-state index contributed by atoms with van der Waals surface area (Å²) in [6.45, 7) is 0. The monoisotopic (exact) mass is 303 g/mol. The minimum Gasteiger partial charge on any atom is -0.479 e. The highest BCUT2D eigenvalue weighted by Gasteiger charge is 2.21. The molecule has 0 bridgehead atoms. The van der Waals surface area contributed by atoms with Gasteiger partial charge in [-0.05, 0) is 29.9 Å². The van der Waals surface area contributed by atoms with Gasteiger partial charge in [-0.3, -0.25) is 4.79 Å². The first kappa shape index (κ1) is 15.3. The van der Waals surface area contributed by atoms with Gasteiger partial charge in [-0.2, -0.15) is 0 Å². The molecule has 110 valence electrons. The SMILES string of the molecule is O=C(CCCc1cccs1)N[C@H](C(=O)O)c1ccccc1. The second-order valence-corrected chi connectivity index (χ2v) is 5.71. The van der Waals surface area contributed by atoms with Crippen LogP contribution in [0.2, 0.25) is 0 Å². The Morgan fingerprint density at radius 1 is 1.14 bits per heavy atom. The molecule has 0 aliphatic rings. The molecule has 0 saturated heterocycles. The molecule has 0 fully saturated rings. The number of aryl methyl sites for hydroxylation is 1. The van der Waals surface area contributed by atoms with Crippen molar-refractivity contribution < 1.29 is 14.7 Å². The average Bonchev–Trinajstić information content (AvgIpc) is 2.98. The number of nitrogens with one attached hydrogen (secondary N) is 1. The number of benzene rings is 1. The number of rotatable bonds is 7. The molecule has 1 amide bonds. The first-order valence-corrected chi connectivity index (χ1v) is 7.64. The van der Waals surface area contributed by atoms with Crippen LogP contribution in [0.1, 0.15) is 29.3 Å². The number of aliphatic carboxylic acids is 1. The predicted octanol–water partition coefficient (Wildman–Crippen LogP) is 3.01. The zero-order valence-corrected chi connectivity index (χ0v) is 12.3. The Morgan fingerprint density at radius 3 is 2.52 bits per heavy atom. The first-order chi connectivity index (χ1) is 10.2. The number of carbonyl (C=O) groups is 2. The second kappa shape index (κ2) is 7.59. The fourth-order valence-electron chi connectivity index (χ4n) is 2.04. The van der Waals surface area contributed by atoms with Gasteiger partial charge in [-0.25, -0.2) is 4.79 Å². The van der Waals surface area contributed by atoms with Crippen molar-refractivity contribution in [3.8, 4) is 0 Å². The minimum absolute atomic E-state index is 0.234. The largest absolute Gasteiger partial charge is 0.479 e. The lowest BCUT2D eigenvalue weighted by Crippen LogP contribution is -2.33. The topological polar surface area (TPSA) is 66.4 Å². The van der Waals surface area contributed by atoms with Crippen molar-refractivity contribution in [3.05, 3.63) is 58.3 Å². The molecule has 0 spiro atoms. The third-order valence-corrected chi connectivity index (χ3v) is 4.03. The van der Waals surface area contributed by atoms with E-state index >= 15 is 0 Å². The molecule has 1 aromatic carbocycles. The number of carboxylic acids is 1. The highest BCUT2D eigenvalue weighted by Crippen LogP contribution is 2.14. The Morgan fingerprint density at radius 2 is 1.90 bits per heavy atom. The smallest absolute Gasteiger partial charge is 0.330 e. The van der Waals surface area contributed by atoms with E-state index in [4.69, 9.17) is 0 Å². The van der Waals surface area contributed by atoms with Gasteiger partial charge in [-0.1, -0.05) is 36.4 Å². The quantitative estimate of drug-likeness (QED) is 0.826. The van der Waals surface area contributed by atoms with E-state index in [1.165, 1.54) is 4.88 Å². The Kier molecular flexibility index (Phi) is 5.51. The zero-order valence-electron chi connectivity index (χ0n) is 11.5. The number of carbonyl (C=O) groups excluding carboxylic acids is 1. The van der Waals surface area contributed by atoms with E-state index in [0.717, 1.165) is 6.42 Å². The number of hydrogen-bond acceptors (Lipinski definition) is 3. The van der Waals surface area contributed by atoms with E-state index in [9.17, 15) is 14.7 Å². The van der Waals surface area contributed by atoms with Crippen molar-refractivity contribution in [2.75, 3.05) is 0 Å². The summed E-state index contributed by atoms with van der Waals surface area (Å²) in [6, 6.07) is 11.8. The standard InChI is InChI=1S/C16H17NO3S/c18-14(10-4-8-13-9-5-11-21-13)17-15(16(19)20)12-6-2-1-3-7-12/h1-3,5-7,9,11,15H,4,8,10H2,(H,17,18)(H,19,20)/t15-/m0/s1. The molecule has 2 rings (SSSR count). The summed E-state index contributed by atoms with van der Waals surface area (Å²) in [5.41, 5.74) is 0.580. The van der Waals surface area contributed by atoms with Crippen LogP contribution in [0, 0.1) is 0 Å². The molecule has 0 saturated carbocycles. The maximum absolute atomic E-state index is 11.9. The van der Waals surface area contributed by atoms with E-state index in [0.29, 0.717) is 18.4 Å². The van der Waals surface area contributed by atoms with Gasteiger partial charge in [0.1, 0.15) is 0 Å². The van der Waals surface area contributed by atoms with Gasteiger partial charge in [0.15, 0.2) is 6.04 Å². The molecule has 2 aromatic rings. The van der Waals surface area contributed by atoms with Gasteiger partial charge in [0.2, 0.25) is 5.91 Å². The van der Waals surface area contributed by atoms with E-state index in [-0.39, 0.29) is 5.91 Å². The first-order valence-electron chi connectivity index (χ1n) is 6.76. The molecule has 21 heavy (non-hydrogen) atoms. The fraction of sp³-hybridized carbons (Fsp3) is 0.250. The molecule has 4 nitrogen and oxygen atoms in total. The molecule has 1 atom stereocenters. The average molecular weight is 303 g/mol. The predicted molar refractivity (Wildman–Crippen MR) is 82.2 cm³/mol. The third-order valence-electron chi connectivity index (χ3n) is 3.09. The molecule has 2 N–H and O–H groups in total. The Bertz CT molecular complexity index is 581. The van der Waals surface area contributed by atoms with Crippen LogP contribution >= 0.6 is 11.3 Å². The lowest BCUT2D eigenvalue weighted by atomic mass is 10.1. The van der Waals surface area contributed by atoms with Crippen LogP contribution in [0.5, 0.6) is 0 Å². The number of hydrogen-bond donors (Lipinski definition) is 2. The molecule has 0 unspecified atom stereocenters. The highest BCUT2D eigenvalue weighted by molar-refractivity contribution is 7.09. The van der Waals surface area contributed by atoms with Crippen LogP contribution in [-0.4, -0.2) is 17.0 Å². The van der Waals surface area contributed by atoms with Crippen LogP contribution < -0.4 is 5.32 Å². The van der Waals surface area contributed by atoms with Crippen molar-refractivity contribution in [1.82, 2.24) is 5.32 Å². The Hall–Kier alpha value is -2.14. The van der Waals surface area contributed by atoms with Gasteiger partial charge in [0, 0.05) is 11.3 Å². The molecule has 1 aromatic heterocycles. The summed E-state index contributed by atoms with van der Waals surface area (Å²) >= 11 is 1.66. The maximum Gasteiger partial charge on any atom is 0.330 e.